The molecule has 0 heterocycles. The Morgan fingerprint density at radius 3 is 2.39 bits per heavy atom. The molecule has 3 nitrogen and oxygen atoms in total. The minimum atomic E-state index is -0.738. The van der Waals surface area contributed by atoms with Crippen molar-refractivity contribution in [3.05, 3.63) is 63.7 Å². The summed E-state index contributed by atoms with van der Waals surface area (Å²) in [5.41, 5.74) is 5.31. The van der Waals surface area contributed by atoms with Crippen LogP contribution in [0.4, 0.5) is 0 Å². The van der Waals surface area contributed by atoms with Crippen molar-refractivity contribution < 1.29 is 14.6 Å². The molecule has 182 valence electrons. The summed E-state index contributed by atoms with van der Waals surface area (Å²) >= 11 is 6.43. The first-order valence-corrected chi connectivity index (χ1v) is 13.0. The highest BCUT2D eigenvalue weighted by Crippen LogP contribution is 2.27. The maximum absolute atomic E-state index is 10.6. The summed E-state index contributed by atoms with van der Waals surface area (Å²) in [5, 5.41) is 9.38. The molecule has 2 aromatic rings. The number of benzene rings is 2. The second-order valence-electron chi connectivity index (χ2n) is 9.34. The van der Waals surface area contributed by atoms with Gasteiger partial charge < -0.3 is 9.84 Å². The van der Waals surface area contributed by atoms with Crippen LogP contribution in [0.5, 0.6) is 5.75 Å². The van der Waals surface area contributed by atoms with E-state index in [0.717, 1.165) is 43.4 Å². The van der Waals surface area contributed by atoms with Gasteiger partial charge in [-0.25, -0.2) is 0 Å². The molecule has 2 aromatic carbocycles. The lowest BCUT2D eigenvalue weighted by Crippen LogP contribution is -2.08. The van der Waals surface area contributed by atoms with Crippen LogP contribution in [0.3, 0.4) is 0 Å². The summed E-state index contributed by atoms with van der Waals surface area (Å²) in [6.07, 6.45) is 11.1. The Bertz CT molecular complexity index is 862. The Morgan fingerprint density at radius 2 is 1.70 bits per heavy atom. The Hall–Kier alpha value is -2.00. The van der Waals surface area contributed by atoms with Crippen LogP contribution in [0.2, 0.25) is 5.02 Å². The lowest BCUT2D eigenvalue weighted by molar-refractivity contribution is -0.137. The zero-order chi connectivity index (χ0) is 24.1. The van der Waals surface area contributed by atoms with Gasteiger partial charge >= 0.3 is 5.97 Å². The summed E-state index contributed by atoms with van der Waals surface area (Å²) in [6, 6.07) is 12.8. The molecule has 1 unspecified atom stereocenters. The van der Waals surface area contributed by atoms with Crippen molar-refractivity contribution in [2.75, 3.05) is 6.61 Å². The Labute approximate surface area is 205 Å². The van der Waals surface area contributed by atoms with Gasteiger partial charge in [0.1, 0.15) is 5.75 Å². The van der Waals surface area contributed by atoms with Crippen LogP contribution < -0.4 is 4.74 Å². The number of hydrogen-bond donors (Lipinski definition) is 1. The van der Waals surface area contributed by atoms with Gasteiger partial charge in [0.05, 0.1) is 11.6 Å². The molecule has 0 saturated carbocycles. The number of carboxylic acid groups (broad SMARTS) is 1. The highest BCUT2D eigenvalue weighted by atomic mass is 35.5. The first-order valence-electron chi connectivity index (χ1n) is 12.6. The van der Waals surface area contributed by atoms with E-state index in [4.69, 9.17) is 21.4 Å². The summed E-state index contributed by atoms with van der Waals surface area (Å²) in [7, 11) is 0. The van der Waals surface area contributed by atoms with E-state index in [9.17, 15) is 4.79 Å². The summed E-state index contributed by atoms with van der Waals surface area (Å²) in [4.78, 5) is 10.6. The van der Waals surface area contributed by atoms with E-state index in [2.05, 4.69) is 39.0 Å². The first-order chi connectivity index (χ1) is 15.9. The fourth-order valence-corrected chi connectivity index (χ4v) is 4.53. The van der Waals surface area contributed by atoms with E-state index in [1.54, 1.807) is 0 Å². The predicted molar refractivity (Wildman–Crippen MR) is 139 cm³/mol. The third-order valence-electron chi connectivity index (χ3n) is 6.43. The fraction of sp³-hybridized carbons (Fsp3) is 0.552. The monoisotopic (exact) mass is 472 g/mol. The molecule has 4 heteroatoms. The minimum Gasteiger partial charge on any atom is -0.492 e. The molecule has 0 amide bonds. The van der Waals surface area contributed by atoms with E-state index < -0.39 is 5.97 Å². The first kappa shape index (κ1) is 27.2. The fourth-order valence-electron chi connectivity index (χ4n) is 4.27. The third-order valence-corrected chi connectivity index (χ3v) is 6.72. The summed E-state index contributed by atoms with van der Waals surface area (Å²) in [5.74, 6) is 0.687. The zero-order valence-electron chi connectivity index (χ0n) is 20.7. The number of aliphatic carboxylic acids is 1. The predicted octanol–water partition coefficient (Wildman–Crippen LogP) is 8.35. The van der Waals surface area contributed by atoms with Crippen LogP contribution in [0, 0.1) is 19.8 Å². The highest BCUT2D eigenvalue weighted by Gasteiger charge is 2.11. The van der Waals surface area contributed by atoms with Gasteiger partial charge in [-0.3, -0.25) is 4.79 Å². The average molecular weight is 473 g/mol. The molecule has 0 fully saturated rings. The van der Waals surface area contributed by atoms with Crippen LogP contribution >= 0.6 is 11.6 Å². The Morgan fingerprint density at radius 1 is 0.939 bits per heavy atom. The van der Waals surface area contributed by atoms with E-state index in [1.807, 2.05) is 18.2 Å². The van der Waals surface area contributed by atoms with Crippen molar-refractivity contribution in [3.63, 3.8) is 0 Å². The van der Waals surface area contributed by atoms with Crippen LogP contribution in [-0.2, 0) is 17.6 Å². The molecule has 0 saturated heterocycles. The number of ether oxygens (including phenoxy) is 1. The molecule has 0 aliphatic rings. The molecule has 2 rings (SSSR count). The van der Waals surface area contributed by atoms with Crippen LogP contribution in [0.25, 0.3) is 0 Å². The second kappa shape index (κ2) is 15.0. The van der Waals surface area contributed by atoms with E-state index >= 15 is 0 Å². The van der Waals surface area contributed by atoms with Crippen LogP contribution in [0.1, 0.15) is 87.0 Å². The van der Waals surface area contributed by atoms with Crippen molar-refractivity contribution in [1.82, 2.24) is 0 Å². The largest absolute Gasteiger partial charge is 0.492 e. The molecule has 0 spiro atoms. The molecular weight excluding hydrogens is 432 g/mol. The van der Waals surface area contributed by atoms with Crippen LogP contribution in [0.15, 0.2) is 36.4 Å². The topological polar surface area (TPSA) is 46.5 Å². The smallest absolute Gasteiger partial charge is 0.303 e. The third kappa shape index (κ3) is 10.6. The molecule has 33 heavy (non-hydrogen) atoms. The van der Waals surface area contributed by atoms with Gasteiger partial charge in [0, 0.05) is 6.42 Å². The van der Waals surface area contributed by atoms with Gasteiger partial charge in [-0.1, -0.05) is 68.5 Å². The number of halogens is 1. The lowest BCUT2D eigenvalue weighted by Gasteiger charge is -2.18. The Kier molecular flexibility index (Phi) is 12.4. The maximum Gasteiger partial charge on any atom is 0.303 e. The van der Waals surface area contributed by atoms with Crippen molar-refractivity contribution in [1.29, 1.82) is 0 Å². The molecule has 1 N–H and O–H groups in total. The van der Waals surface area contributed by atoms with Crippen molar-refractivity contribution in [2.45, 2.75) is 91.4 Å². The second-order valence-corrected chi connectivity index (χ2v) is 9.75. The maximum atomic E-state index is 10.6. The molecule has 0 aliphatic heterocycles. The van der Waals surface area contributed by atoms with Gasteiger partial charge in [-0.2, -0.15) is 0 Å². The van der Waals surface area contributed by atoms with E-state index in [0.29, 0.717) is 24.0 Å². The van der Waals surface area contributed by atoms with E-state index in [1.165, 1.54) is 42.4 Å². The number of aryl methyl sites for hydroxylation is 3. The van der Waals surface area contributed by atoms with Crippen molar-refractivity contribution >= 4 is 17.6 Å². The van der Waals surface area contributed by atoms with Crippen molar-refractivity contribution in [2.24, 2.45) is 5.92 Å². The average Bonchev–Trinajstić information content (AvgIpc) is 2.77. The van der Waals surface area contributed by atoms with Gasteiger partial charge in [0.25, 0.3) is 0 Å². The van der Waals surface area contributed by atoms with Crippen LogP contribution in [-0.4, -0.2) is 17.7 Å². The normalized spacial score (nSPS) is 12.0. The molecule has 0 bridgehead atoms. The van der Waals surface area contributed by atoms with Gasteiger partial charge in [0.15, 0.2) is 0 Å². The molecule has 0 aliphatic carbocycles. The molecule has 0 radical (unpaired) electrons. The summed E-state index contributed by atoms with van der Waals surface area (Å²) in [6.45, 7) is 7.31. The molecule has 1 atom stereocenters. The SMILES string of the molecule is CCCCCC(CCCOc1ccc(CCCCC(=O)O)cc1Cl)Cc1ccc(C)c(C)c1. The van der Waals surface area contributed by atoms with Gasteiger partial charge in [-0.05, 0) is 92.7 Å². The number of hydrogen-bond acceptors (Lipinski definition) is 2. The quantitative estimate of drug-likeness (QED) is 0.249. The molecule has 0 aromatic heterocycles. The van der Waals surface area contributed by atoms with Gasteiger partial charge in [0.2, 0.25) is 0 Å². The standard InChI is InChI=1S/C29H41ClO3/c1-4-5-6-10-24(20-26-15-14-22(2)23(3)19-26)12-9-18-33-28-17-16-25(21-27(28)30)11-7-8-13-29(31)32/h14-17,19,21,24H,4-13,18,20H2,1-3H3,(H,31,32). The molecular formula is C29H41ClO3. The minimum absolute atomic E-state index is 0.220. The van der Waals surface area contributed by atoms with Gasteiger partial charge in [-0.15, -0.1) is 0 Å². The summed E-state index contributed by atoms with van der Waals surface area (Å²) < 4.78 is 6.00. The number of rotatable bonds is 16. The van der Waals surface area contributed by atoms with Crippen molar-refractivity contribution in [3.8, 4) is 5.75 Å². The zero-order valence-corrected chi connectivity index (χ0v) is 21.4. The number of carbonyl (C=O) groups is 1. The highest BCUT2D eigenvalue weighted by molar-refractivity contribution is 6.32. The Balaban J connectivity index is 1.80. The number of unbranched alkanes of at least 4 members (excludes halogenated alkanes) is 3. The number of carboxylic acids is 1. The lowest BCUT2D eigenvalue weighted by atomic mass is 9.89. The van der Waals surface area contributed by atoms with E-state index in [-0.39, 0.29) is 6.42 Å².